The molecule has 0 aliphatic rings. The summed E-state index contributed by atoms with van der Waals surface area (Å²) in [5.41, 5.74) is 0.687. The van der Waals surface area contributed by atoms with Crippen LogP contribution < -0.4 is 5.32 Å². The number of aromatic nitrogens is 2. The minimum atomic E-state index is -0.451. The second-order valence-corrected chi connectivity index (χ2v) is 6.00. The van der Waals surface area contributed by atoms with Crippen molar-refractivity contribution in [3.63, 3.8) is 0 Å². The Morgan fingerprint density at radius 1 is 1.16 bits per heavy atom. The summed E-state index contributed by atoms with van der Waals surface area (Å²) in [5.74, 6) is -0.396. The van der Waals surface area contributed by atoms with Crippen LogP contribution in [-0.4, -0.2) is 16.1 Å². The largest absolute Gasteiger partial charge is 0.421 e. The van der Waals surface area contributed by atoms with Crippen LogP contribution in [0.5, 0.6) is 0 Å². The smallest absolute Gasteiger partial charge is 0.250 e. The van der Waals surface area contributed by atoms with Crippen LogP contribution in [0.4, 0.5) is 10.1 Å². The highest BCUT2D eigenvalue weighted by molar-refractivity contribution is 6.36. The first-order chi connectivity index (χ1) is 12.0. The Hall–Kier alpha value is -2.44. The van der Waals surface area contributed by atoms with Gasteiger partial charge in [0.2, 0.25) is 11.8 Å². The highest BCUT2D eigenvalue weighted by Crippen LogP contribution is 2.25. The maximum atomic E-state index is 13.7. The van der Waals surface area contributed by atoms with E-state index in [1.54, 1.807) is 30.3 Å². The molecule has 128 valence electrons. The first-order valence-corrected chi connectivity index (χ1v) is 8.10. The van der Waals surface area contributed by atoms with Gasteiger partial charge < -0.3 is 9.73 Å². The molecule has 0 radical (unpaired) electrons. The standard InChI is InChI=1S/C17H12Cl2FN3O2/c18-10-5-6-14(12(19)9-10)21-15(24)7-8-16-22-23-17(25-16)11-3-1-2-4-13(11)20/h1-6,9H,7-8H2,(H,21,24). The molecule has 0 fully saturated rings. The zero-order valence-corrected chi connectivity index (χ0v) is 14.3. The lowest BCUT2D eigenvalue weighted by molar-refractivity contribution is -0.116. The van der Waals surface area contributed by atoms with E-state index in [4.69, 9.17) is 27.6 Å². The zero-order valence-electron chi connectivity index (χ0n) is 12.8. The molecule has 0 aliphatic heterocycles. The molecule has 0 aliphatic carbocycles. The summed E-state index contributed by atoms with van der Waals surface area (Å²) in [6.45, 7) is 0. The van der Waals surface area contributed by atoms with Crippen LogP contribution in [0.25, 0.3) is 11.5 Å². The summed E-state index contributed by atoms with van der Waals surface area (Å²) in [7, 11) is 0. The van der Waals surface area contributed by atoms with Crippen LogP contribution in [0.2, 0.25) is 10.0 Å². The zero-order chi connectivity index (χ0) is 17.8. The van der Waals surface area contributed by atoms with Crippen LogP contribution >= 0.6 is 23.2 Å². The Morgan fingerprint density at radius 2 is 1.96 bits per heavy atom. The van der Waals surface area contributed by atoms with Crippen molar-refractivity contribution < 1.29 is 13.6 Å². The maximum Gasteiger partial charge on any atom is 0.250 e. The summed E-state index contributed by atoms with van der Waals surface area (Å²) >= 11 is 11.8. The molecule has 3 rings (SSSR count). The molecule has 25 heavy (non-hydrogen) atoms. The van der Waals surface area contributed by atoms with Gasteiger partial charge in [-0.25, -0.2) is 4.39 Å². The number of hydrogen-bond acceptors (Lipinski definition) is 4. The second-order valence-electron chi connectivity index (χ2n) is 5.15. The van der Waals surface area contributed by atoms with Gasteiger partial charge in [0.25, 0.3) is 5.89 Å². The number of halogens is 3. The summed E-state index contributed by atoms with van der Waals surface area (Å²) in [4.78, 5) is 12.0. The number of nitrogens with zero attached hydrogens (tertiary/aromatic N) is 2. The Labute approximate surface area is 152 Å². The lowest BCUT2D eigenvalue weighted by Gasteiger charge is -2.06. The normalized spacial score (nSPS) is 10.7. The van der Waals surface area contributed by atoms with Gasteiger partial charge >= 0.3 is 0 Å². The molecule has 2 aromatic carbocycles. The Bertz CT molecular complexity index is 914. The molecule has 0 bridgehead atoms. The van der Waals surface area contributed by atoms with Gasteiger partial charge in [0.1, 0.15) is 5.82 Å². The van der Waals surface area contributed by atoms with E-state index < -0.39 is 5.82 Å². The summed E-state index contributed by atoms with van der Waals surface area (Å²) in [5, 5.41) is 11.1. The van der Waals surface area contributed by atoms with E-state index in [0.717, 1.165) is 0 Å². The number of carbonyl (C=O) groups is 1. The molecular weight excluding hydrogens is 368 g/mol. The number of anilines is 1. The third-order valence-electron chi connectivity index (χ3n) is 3.34. The molecule has 3 aromatic rings. The molecule has 5 nitrogen and oxygen atoms in total. The minimum Gasteiger partial charge on any atom is -0.421 e. The van der Waals surface area contributed by atoms with Gasteiger partial charge in [-0.05, 0) is 30.3 Å². The Kier molecular flexibility index (Phi) is 5.31. The highest BCUT2D eigenvalue weighted by atomic mass is 35.5. The molecule has 0 saturated carbocycles. The summed E-state index contributed by atoms with van der Waals surface area (Å²) in [6.07, 6.45) is 0.330. The Morgan fingerprint density at radius 3 is 2.72 bits per heavy atom. The molecule has 8 heteroatoms. The van der Waals surface area contributed by atoms with Gasteiger partial charge in [-0.1, -0.05) is 35.3 Å². The number of benzene rings is 2. The fraction of sp³-hybridized carbons (Fsp3) is 0.118. The quantitative estimate of drug-likeness (QED) is 0.694. The van der Waals surface area contributed by atoms with Crippen molar-refractivity contribution in [2.24, 2.45) is 0 Å². The van der Waals surface area contributed by atoms with Crippen LogP contribution in [0, 0.1) is 5.82 Å². The van der Waals surface area contributed by atoms with Crippen molar-refractivity contribution in [3.05, 3.63) is 64.2 Å². The van der Waals surface area contributed by atoms with Gasteiger partial charge in [0, 0.05) is 17.9 Å². The molecule has 0 unspecified atom stereocenters. The van der Waals surface area contributed by atoms with E-state index in [-0.39, 0.29) is 36.1 Å². The van der Waals surface area contributed by atoms with E-state index in [1.807, 2.05) is 0 Å². The molecule has 0 atom stereocenters. The third kappa shape index (κ3) is 4.35. The molecule has 1 amide bonds. The van der Waals surface area contributed by atoms with Gasteiger partial charge in [0.15, 0.2) is 0 Å². The van der Waals surface area contributed by atoms with E-state index in [2.05, 4.69) is 15.5 Å². The van der Waals surface area contributed by atoms with Gasteiger partial charge in [-0.2, -0.15) is 0 Å². The summed E-state index contributed by atoms with van der Waals surface area (Å²) in [6, 6.07) is 10.9. The lowest BCUT2D eigenvalue weighted by atomic mass is 10.2. The van der Waals surface area contributed by atoms with E-state index in [0.29, 0.717) is 15.7 Å². The second kappa shape index (κ2) is 7.63. The molecule has 1 N–H and O–H groups in total. The van der Waals surface area contributed by atoms with Gasteiger partial charge in [-0.3, -0.25) is 4.79 Å². The summed E-state index contributed by atoms with van der Waals surface area (Å²) < 4.78 is 19.1. The van der Waals surface area contributed by atoms with E-state index in [9.17, 15) is 9.18 Å². The van der Waals surface area contributed by atoms with Crippen LogP contribution in [0.1, 0.15) is 12.3 Å². The average molecular weight is 380 g/mol. The van der Waals surface area contributed by atoms with E-state index in [1.165, 1.54) is 12.1 Å². The number of aryl methyl sites for hydroxylation is 1. The topological polar surface area (TPSA) is 68.0 Å². The van der Waals surface area contributed by atoms with Crippen molar-refractivity contribution in [1.82, 2.24) is 10.2 Å². The first-order valence-electron chi connectivity index (χ1n) is 7.35. The highest BCUT2D eigenvalue weighted by Gasteiger charge is 2.14. The monoisotopic (exact) mass is 379 g/mol. The SMILES string of the molecule is O=C(CCc1nnc(-c2ccccc2F)o1)Nc1ccc(Cl)cc1Cl. The average Bonchev–Trinajstić information content (AvgIpc) is 3.05. The first kappa shape index (κ1) is 17.4. The molecule has 0 spiro atoms. The number of carbonyl (C=O) groups excluding carboxylic acids is 1. The fourth-order valence-corrected chi connectivity index (χ4v) is 2.58. The van der Waals surface area contributed by atoms with Crippen molar-refractivity contribution >= 4 is 34.8 Å². The Balaban J connectivity index is 1.60. The number of amides is 1. The third-order valence-corrected chi connectivity index (χ3v) is 3.89. The fourth-order valence-electron chi connectivity index (χ4n) is 2.12. The molecular formula is C17H12Cl2FN3O2. The number of hydrogen-bond donors (Lipinski definition) is 1. The van der Waals surface area contributed by atoms with E-state index >= 15 is 0 Å². The predicted molar refractivity (Wildman–Crippen MR) is 93.1 cm³/mol. The molecule has 1 heterocycles. The maximum absolute atomic E-state index is 13.7. The van der Waals surface area contributed by atoms with Crippen molar-refractivity contribution in [2.45, 2.75) is 12.8 Å². The number of nitrogens with one attached hydrogen (secondary N) is 1. The minimum absolute atomic E-state index is 0.0780. The van der Waals surface area contributed by atoms with Crippen molar-refractivity contribution in [3.8, 4) is 11.5 Å². The van der Waals surface area contributed by atoms with Crippen LogP contribution in [0.15, 0.2) is 46.9 Å². The lowest BCUT2D eigenvalue weighted by Crippen LogP contribution is -2.12. The van der Waals surface area contributed by atoms with Gasteiger partial charge in [0.05, 0.1) is 16.3 Å². The number of rotatable bonds is 5. The molecule has 1 aromatic heterocycles. The predicted octanol–water partition coefficient (Wildman–Crippen LogP) is 4.75. The van der Waals surface area contributed by atoms with Crippen LogP contribution in [-0.2, 0) is 11.2 Å². The van der Waals surface area contributed by atoms with Crippen LogP contribution in [0.3, 0.4) is 0 Å². The van der Waals surface area contributed by atoms with Crippen molar-refractivity contribution in [1.29, 1.82) is 0 Å². The molecule has 0 saturated heterocycles. The van der Waals surface area contributed by atoms with Gasteiger partial charge in [-0.15, -0.1) is 10.2 Å². The van der Waals surface area contributed by atoms with Crippen molar-refractivity contribution in [2.75, 3.05) is 5.32 Å².